The highest BCUT2D eigenvalue weighted by Gasteiger charge is 2.17. The number of ether oxygens (including phenoxy) is 1. The summed E-state index contributed by atoms with van der Waals surface area (Å²) in [6.45, 7) is 3.78. The Hall–Kier alpha value is -2.82. The molecule has 0 unspecified atom stereocenters. The molecule has 0 atom stereocenters. The van der Waals surface area contributed by atoms with Gasteiger partial charge in [0.05, 0.1) is 7.11 Å². The molecule has 1 N–H and O–H groups in total. The Balaban J connectivity index is 1.98. The average Bonchev–Trinajstić information content (AvgIpc) is 2.59. The molecule has 24 heavy (non-hydrogen) atoms. The van der Waals surface area contributed by atoms with Crippen LogP contribution in [0.15, 0.2) is 48.5 Å². The first-order valence-corrected chi connectivity index (χ1v) is 7.74. The highest BCUT2D eigenvalue weighted by atomic mass is 16.5. The molecule has 126 valence electrons. The number of methoxy groups -OCH3 is 1. The lowest BCUT2D eigenvalue weighted by Crippen LogP contribution is -2.39. The molecule has 0 aliphatic heterocycles. The molecular formula is C19H22N2O3. The standard InChI is InChI=1S/C19H22N2O3/c1-14-6-4-5-7-18(14)21(15(2)22)13-19(23)20-12-16-8-10-17(24-3)11-9-16/h4-11H,12-13H2,1-3H3,(H,20,23). The average molecular weight is 326 g/mol. The summed E-state index contributed by atoms with van der Waals surface area (Å²) in [6, 6.07) is 15.0. The third kappa shape index (κ3) is 4.59. The van der Waals surface area contributed by atoms with Gasteiger partial charge in [0, 0.05) is 19.2 Å². The van der Waals surface area contributed by atoms with Gasteiger partial charge in [-0.2, -0.15) is 0 Å². The van der Waals surface area contributed by atoms with Gasteiger partial charge in [-0.15, -0.1) is 0 Å². The van der Waals surface area contributed by atoms with Crippen LogP contribution in [0.1, 0.15) is 18.1 Å². The van der Waals surface area contributed by atoms with Gasteiger partial charge in [-0.1, -0.05) is 30.3 Å². The lowest BCUT2D eigenvalue weighted by Gasteiger charge is -2.22. The Morgan fingerprint density at radius 3 is 2.33 bits per heavy atom. The second-order valence-electron chi connectivity index (χ2n) is 5.52. The van der Waals surface area contributed by atoms with Crippen LogP contribution in [0.25, 0.3) is 0 Å². The van der Waals surface area contributed by atoms with E-state index >= 15 is 0 Å². The number of rotatable bonds is 6. The van der Waals surface area contributed by atoms with Crippen molar-refractivity contribution in [2.24, 2.45) is 0 Å². The van der Waals surface area contributed by atoms with Crippen LogP contribution in [-0.4, -0.2) is 25.5 Å². The summed E-state index contributed by atoms with van der Waals surface area (Å²) in [4.78, 5) is 25.6. The van der Waals surface area contributed by atoms with Crippen LogP contribution < -0.4 is 15.0 Å². The summed E-state index contributed by atoms with van der Waals surface area (Å²) in [5.74, 6) is 0.403. The first-order chi connectivity index (χ1) is 11.5. The Bertz CT molecular complexity index is 711. The molecule has 2 amide bonds. The third-order valence-corrected chi connectivity index (χ3v) is 3.74. The van der Waals surface area contributed by atoms with Gasteiger partial charge < -0.3 is 15.0 Å². The zero-order chi connectivity index (χ0) is 17.5. The Morgan fingerprint density at radius 2 is 1.75 bits per heavy atom. The van der Waals surface area contributed by atoms with E-state index in [0.717, 1.165) is 22.6 Å². The number of anilines is 1. The molecule has 0 aliphatic carbocycles. The van der Waals surface area contributed by atoms with Crippen LogP contribution in [0.4, 0.5) is 5.69 Å². The molecule has 2 aromatic rings. The molecule has 2 aromatic carbocycles. The maximum absolute atomic E-state index is 12.2. The molecule has 0 aliphatic rings. The fraction of sp³-hybridized carbons (Fsp3) is 0.263. The third-order valence-electron chi connectivity index (χ3n) is 3.74. The summed E-state index contributed by atoms with van der Waals surface area (Å²) in [5, 5.41) is 2.84. The van der Waals surface area contributed by atoms with Crippen molar-refractivity contribution in [3.63, 3.8) is 0 Å². The molecule has 0 aromatic heterocycles. The fourth-order valence-electron chi connectivity index (χ4n) is 2.38. The van der Waals surface area contributed by atoms with Crippen LogP contribution in [0.2, 0.25) is 0 Å². The highest BCUT2D eigenvalue weighted by Crippen LogP contribution is 2.19. The van der Waals surface area contributed by atoms with E-state index in [1.165, 1.54) is 11.8 Å². The van der Waals surface area contributed by atoms with Crippen molar-refractivity contribution in [3.05, 3.63) is 59.7 Å². The molecule has 0 spiro atoms. The van der Waals surface area contributed by atoms with Crippen LogP contribution in [-0.2, 0) is 16.1 Å². The maximum Gasteiger partial charge on any atom is 0.240 e. The van der Waals surface area contributed by atoms with Crippen molar-refractivity contribution >= 4 is 17.5 Å². The van der Waals surface area contributed by atoms with Crippen molar-refractivity contribution in [1.29, 1.82) is 0 Å². The van der Waals surface area contributed by atoms with Gasteiger partial charge in [0.1, 0.15) is 12.3 Å². The minimum atomic E-state index is -0.204. The molecule has 5 heteroatoms. The Labute approximate surface area is 142 Å². The van der Waals surface area contributed by atoms with E-state index in [1.807, 2.05) is 55.5 Å². The first-order valence-electron chi connectivity index (χ1n) is 7.74. The molecule has 0 radical (unpaired) electrons. The van der Waals surface area contributed by atoms with Gasteiger partial charge >= 0.3 is 0 Å². The van der Waals surface area contributed by atoms with Crippen molar-refractivity contribution in [2.45, 2.75) is 20.4 Å². The second kappa shape index (κ2) is 8.15. The summed E-state index contributed by atoms with van der Waals surface area (Å²) >= 11 is 0. The van der Waals surface area contributed by atoms with Gasteiger partial charge in [-0.3, -0.25) is 9.59 Å². The molecule has 2 rings (SSSR count). The monoisotopic (exact) mass is 326 g/mol. The molecule has 0 bridgehead atoms. The van der Waals surface area contributed by atoms with Crippen LogP contribution >= 0.6 is 0 Å². The lowest BCUT2D eigenvalue weighted by molar-refractivity contribution is -0.123. The van der Waals surface area contributed by atoms with Crippen LogP contribution in [0.5, 0.6) is 5.75 Å². The zero-order valence-corrected chi connectivity index (χ0v) is 14.2. The van der Waals surface area contributed by atoms with Gasteiger partial charge in [0.15, 0.2) is 0 Å². The van der Waals surface area contributed by atoms with E-state index in [9.17, 15) is 9.59 Å². The largest absolute Gasteiger partial charge is 0.497 e. The number of nitrogens with one attached hydrogen (secondary N) is 1. The molecular weight excluding hydrogens is 304 g/mol. The molecule has 0 saturated carbocycles. The van der Waals surface area contributed by atoms with Gasteiger partial charge in [0.25, 0.3) is 0 Å². The number of nitrogens with zero attached hydrogens (tertiary/aromatic N) is 1. The molecule has 0 fully saturated rings. The SMILES string of the molecule is COc1ccc(CNC(=O)CN(C(C)=O)c2ccccc2C)cc1. The number of hydrogen-bond acceptors (Lipinski definition) is 3. The van der Waals surface area contributed by atoms with Gasteiger partial charge in [-0.25, -0.2) is 0 Å². The zero-order valence-electron chi connectivity index (χ0n) is 14.2. The number of carbonyl (C=O) groups is 2. The predicted molar refractivity (Wildman–Crippen MR) is 94.0 cm³/mol. The summed E-state index contributed by atoms with van der Waals surface area (Å²) in [7, 11) is 1.61. The van der Waals surface area contributed by atoms with Crippen molar-refractivity contribution in [3.8, 4) is 5.75 Å². The number of para-hydroxylation sites is 1. The quantitative estimate of drug-likeness (QED) is 0.888. The highest BCUT2D eigenvalue weighted by molar-refractivity contribution is 5.98. The molecule has 0 saturated heterocycles. The minimum Gasteiger partial charge on any atom is -0.497 e. The number of amides is 2. The van der Waals surface area contributed by atoms with E-state index in [2.05, 4.69) is 5.32 Å². The van der Waals surface area contributed by atoms with Crippen molar-refractivity contribution in [1.82, 2.24) is 5.32 Å². The van der Waals surface area contributed by atoms with E-state index in [4.69, 9.17) is 4.74 Å². The number of carbonyl (C=O) groups excluding carboxylic acids is 2. The van der Waals surface area contributed by atoms with E-state index in [1.54, 1.807) is 7.11 Å². The fourth-order valence-corrected chi connectivity index (χ4v) is 2.38. The smallest absolute Gasteiger partial charge is 0.240 e. The first kappa shape index (κ1) is 17.5. The van der Waals surface area contributed by atoms with Crippen LogP contribution in [0, 0.1) is 6.92 Å². The normalized spacial score (nSPS) is 10.1. The van der Waals surface area contributed by atoms with E-state index in [0.29, 0.717) is 6.54 Å². The van der Waals surface area contributed by atoms with Crippen molar-refractivity contribution < 1.29 is 14.3 Å². The van der Waals surface area contributed by atoms with Crippen molar-refractivity contribution in [2.75, 3.05) is 18.6 Å². The van der Waals surface area contributed by atoms with E-state index in [-0.39, 0.29) is 18.4 Å². The van der Waals surface area contributed by atoms with Gasteiger partial charge in [0.2, 0.25) is 11.8 Å². The summed E-state index contributed by atoms with van der Waals surface area (Å²) in [6.07, 6.45) is 0. The van der Waals surface area contributed by atoms with Crippen LogP contribution in [0.3, 0.4) is 0 Å². The van der Waals surface area contributed by atoms with Gasteiger partial charge in [-0.05, 0) is 36.2 Å². The topological polar surface area (TPSA) is 58.6 Å². The Morgan fingerprint density at radius 1 is 1.08 bits per heavy atom. The summed E-state index contributed by atoms with van der Waals surface area (Å²) in [5.41, 5.74) is 2.68. The minimum absolute atomic E-state index is 0.00363. The number of aryl methyl sites for hydroxylation is 1. The number of hydrogen-bond donors (Lipinski definition) is 1. The lowest BCUT2D eigenvalue weighted by atomic mass is 10.1. The summed E-state index contributed by atoms with van der Waals surface area (Å²) < 4.78 is 5.10. The molecule has 0 heterocycles. The maximum atomic E-state index is 12.2. The van der Waals surface area contributed by atoms with E-state index < -0.39 is 0 Å². The molecule has 5 nitrogen and oxygen atoms in total. The predicted octanol–water partition coefficient (Wildman–Crippen LogP) is 2.67. The second-order valence-corrected chi connectivity index (χ2v) is 5.52. The number of benzene rings is 2. The Kier molecular flexibility index (Phi) is 5.95.